The summed E-state index contributed by atoms with van der Waals surface area (Å²) in [6, 6.07) is 4.27. The summed E-state index contributed by atoms with van der Waals surface area (Å²) in [5.41, 5.74) is -0.699. The molecule has 4 nitrogen and oxygen atoms in total. The van der Waals surface area contributed by atoms with Crippen LogP contribution in [0.1, 0.15) is 30.6 Å². The quantitative estimate of drug-likeness (QED) is 0.903. The summed E-state index contributed by atoms with van der Waals surface area (Å²) in [5, 5.41) is 9.50. The summed E-state index contributed by atoms with van der Waals surface area (Å²) in [4.78, 5) is 25.6. The molecule has 0 saturated carbocycles. The van der Waals surface area contributed by atoms with Crippen molar-refractivity contribution >= 4 is 27.8 Å². The van der Waals surface area contributed by atoms with Gasteiger partial charge in [-0.2, -0.15) is 0 Å². The standard InChI is InChI=1S/C15H17BrFNO3/c1-9(2)15(14(20)21)6-7-18(8-15)13(19)10-4-3-5-11(17)12(10)16/h3-5,9H,6-8H2,1-2H3,(H,20,21). The van der Waals surface area contributed by atoms with Crippen molar-refractivity contribution in [2.45, 2.75) is 20.3 Å². The summed E-state index contributed by atoms with van der Waals surface area (Å²) in [6.45, 7) is 4.22. The lowest BCUT2D eigenvalue weighted by atomic mass is 9.76. The third kappa shape index (κ3) is 2.69. The van der Waals surface area contributed by atoms with Crippen LogP contribution in [0.3, 0.4) is 0 Å². The second-order valence-corrected chi connectivity index (χ2v) is 6.49. The zero-order valence-electron chi connectivity index (χ0n) is 11.9. The second kappa shape index (κ2) is 5.75. The molecule has 114 valence electrons. The largest absolute Gasteiger partial charge is 0.481 e. The van der Waals surface area contributed by atoms with Crippen molar-refractivity contribution in [3.8, 4) is 0 Å². The molecule has 1 heterocycles. The molecule has 1 amide bonds. The number of carboxylic acids is 1. The Labute approximate surface area is 131 Å². The number of carbonyl (C=O) groups excluding carboxylic acids is 1. The molecule has 1 fully saturated rings. The Hall–Kier alpha value is -1.43. The maximum absolute atomic E-state index is 13.5. The first-order valence-corrected chi connectivity index (χ1v) is 7.55. The van der Waals surface area contributed by atoms with Gasteiger partial charge in [-0.25, -0.2) is 4.39 Å². The van der Waals surface area contributed by atoms with Gasteiger partial charge in [0.2, 0.25) is 0 Å². The van der Waals surface area contributed by atoms with Crippen molar-refractivity contribution in [2.75, 3.05) is 13.1 Å². The molecule has 1 atom stereocenters. The van der Waals surface area contributed by atoms with Crippen molar-refractivity contribution < 1.29 is 19.1 Å². The van der Waals surface area contributed by atoms with Crippen LogP contribution in [0, 0.1) is 17.2 Å². The average molecular weight is 358 g/mol. The lowest BCUT2D eigenvalue weighted by Gasteiger charge is -2.28. The van der Waals surface area contributed by atoms with Crippen LogP contribution < -0.4 is 0 Å². The van der Waals surface area contributed by atoms with Gasteiger partial charge in [-0.05, 0) is 40.4 Å². The van der Waals surface area contributed by atoms with E-state index in [1.807, 2.05) is 13.8 Å². The molecule has 1 aliphatic rings. The summed E-state index contributed by atoms with van der Waals surface area (Å²) < 4.78 is 13.6. The molecule has 0 aromatic heterocycles. The van der Waals surface area contributed by atoms with E-state index in [1.54, 1.807) is 0 Å². The smallest absolute Gasteiger partial charge is 0.311 e. The summed E-state index contributed by atoms with van der Waals surface area (Å²) in [6.07, 6.45) is 0.415. The minimum atomic E-state index is -0.921. The van der Waals surface area contributed by atoms with Gasteiger partial charge in [0.25, 0.3) is 5.91 Å². The highest BCUT2D eigenvalue weighted by atomic mass is 79.9. The van der Waals surface area contributed by atoms with Gasteiger partial charge in [0.15, 0.2) is 0 Å². The number of nitrogens with zero attached hydrogens (tertiary/aromatic N) is 1. The fourth-order valence-corrected chi connectivity index (χ4v) is 3.17. The fraction of sp³-hybridized carbons (Fsp3) is 0.467. The third-order valence-electron chi connectivity index (χ3n) is 4.30. The van der Waals surface area contributed by atoms with Gasteiger partial charge in [0.1, 0.15) is 5.82 Å². The number of likely N-dealkylation sites (tertiary alicyclic amines) is 1. The first-order valence-electron chi connectivity index (χ1n) is 6.76. The molecule has 2 rings (SSSR count). The molecule has 1 aromatic carbocycles. The Bertz CT molecular complexity index is 590. The number of amides is 1. The molecule has 1 saturated heterocycles. The normalized spacial score (nSPS) is 21.9. The lowest BCUT2D eigenvalue weighted by molar-refractivity contribution is -0.150. The second-order valence-electron chi connectivity index (χ2n) is 5.69. The molecular formula is C15H17BrFNO3. The van der Waals surface area contributed by atoms with E-state index in [0.717, 1.165) is 0 Å². The van der Waals surface area contributed by atoms with Gasteiger partial charge >= 0.3 is 5.97 Å². The molecule has 1 aliphatic heterocycles. The van der Waals surface area contributed by atoms with Gasteiger partial charge in [-0.15, -0.1) is 0 Å². The molecule has 6 heteroatoms. The molecule has 0 radical (unpaired) electrons. The molecule has 1 unspecified atom stereocenters. The number of carboxylic acid groups (broad SMARTS) is 1. The average Bonchev–Trinajstić information content (AvgIpc) is 2.87. The number of benzene rings is 1. The van der Waals surface area contributed by atoms with E-state index in [1.165, 1.54) is 23.1 Å². The van der Waals surface area contributed by atoms with Crippen LogP contribution >= 0.6 is 15.9 Å². The molecule has 1 aromatic rings. The van der Waals surface area contributed by atoms with Gasteiger partial charge in [0, 0.05) is 13.1 Å². The molecular weight excluding hydrogens is 341 g/mol. The summed E-state index contributed by atoms with van der Waals surface area (Å²) >= 11 is 3.08. The number of aliphatic carboxylic acids is 1. The van der Waals surface area contributed by atoms with Crippen LogP contribution in [0.5, 0.6) is 0 Å². The first-order chi connectivity index (χ1) is 9.79. The summed E-state index contributed by atoms with van der Waals surface area (Å²) in [5.74, 6) is -1.81. The van der Waals surface area contributed by atoms with E-state index in [0.29, 0.717) is 13.0 Å². The molecule has 0 aliphatic carbocycles. The lowest BCUT2D eigenvalue weighted by Crippen LogP contribution is -2.40. The van der Waals surface area contributed by atoms with E-state index in [-0.39, 0.29) is 28.4 Å². The van der Waals surface area contributed by atoms with E-state index < -0.39 is 17.2 Å². The first kappa shape index (κ1) is 15.9. The minimum absolute atomic E-state index is 0.0799. The number of hydrogen-bond acceptors (Lipinski definition) is 2. The Morgan fingerprint density at radius 1 is 1.43 bits per heavy atom. The zero-order valence-corrected chi connectivity index (χ0v) is 13.5. The van der Waals surface area contributed by atoms with Crippen molar-refractivity contribution in [3.63, 3.8) is 0 Å². The molecule has 21 heavy (non-hydrogen) atoms. The maximum Gasteiger partial charge on any atom is 0.311 e. The van der Waals surface area contributed by atoms with Crippen molar-refractivity contribution in [3.05, 3.63) is 34.1 Å². The molecule has 0 bridgehead atoms. The Kier molecular flexibility index (Phi) is 4.37. The highest BCUT2D eigenvalue weighted by molar-refractivity contribution is 9.10. The predicted molar refractivity (Wildman–Crippen MR) is 79.5 cm³/mol. The van der Waals surface area contributed by atoms with E-state index in [4.69, 9.17) is 0 Å². The predicted octanol–water partition coefficient (Wildman–Crippen LogP) is 3.16. The number of carbonyl (C=O) groups is 2. The Morgan fingerprint density at radius 2 is 2.10 bits per heavy atom. The van der Waals surface area contributed by atoms with Gasteiger partial charge in [-0.3, -0.25) is 9.59 Å². The Morgan fingerprint density at radius 3 is 2.62 bits per heavy atom. The number of halogens is 2. The maximum atomic E-state index is 13.5. The Balaban J connectivity index is 2.27. The number of rotatable bonds is 3. The van der Waals surface area contributed by atoms with Crippen molar-refractivity contribution in [1.29, 1.82) is 0 Å². The van der Waals surface area contributed by atoms with Gasteiger partial charge in [0.05, 0.1) is 15.5 Å². The topological polar surface area (TPSA) is 57.6 Å². The van der Waals surface area contributed by atoms with E-state index in [9.17, 15) is 19.1 Å². The van der Waals surface area contributed by atoms with Crippen LogP contribution in [-0.2, 0) is 4.79 Å². The zero-order chi connectivity index (χ0) is 15.8. The summed E-state index contributed by atoms with van der Waals surface area (Å²) in [7, 11) is 0. The van der Waals surface area contributed by atoms with Crippen molar-refractivity contribution in [2.24, 2.45) is 11.3 Å². The highest BCUT2D eigenvalue weighted by Crippen LogP contribution is 2.39. The third-order valence-corrected chi connectivity index (χ3v) is 5.11. The monoisotopic (exact) mass is 357 g/mol. The van der Waals surface area contributed by atoms with Crippen LogP contribution in [-0.4, -0.2) is 35.0 Å². The number of hydrogen-bond donors (Lipinski definition) is 1. The van der Waals surface area contributed by atoms with E-state index >= 15 is 0 Å². The van der Waals surface area contributed by atoms with Gasteiger partial charge in [-0.1, -0.05) is 19.9 Å². The van der Waals surface area contributed by atoms with Crippen molar-refractivity contribution in [1.82, 2.24) is 4.90 Å². The highest BCUT2D eigenvalue weighted by Gasteiger charge is 2.48. The fourth-order valence-electron chi connectivity index (χ4n) is 2.74. The minimum Gasteiger partial charge on any atom is -0.481 e. The van der Waals surface area contributed by atoms with Gasteiger partial charge < -0.3 is 10.0 Å². The molecule has 0 spiro atoms. The van der Waals surface area contributed by atoms with Crippen LogP contribution in [0.2, 0.25) is 0 Å². The van der Waals surface area contributed by atoms with E-state index in [2.05, 4.69) is 15.9 Å². The van der Waals surface area contributed by atoms with Crippen LogP contribution in [0.25, 0.3) is 0 Å². The van der Waals surface area contributed by atoms with Crippen LogP contribution in [0.15, 0.2) is 22.7 Å². The van der Waals surface area contributed by atoms with Crippen LogP contribution in [0.4, 0.5) is 4.39 Å². The molecule has 1 N–H and O–H groups in total. The SMILES string of the molecule is CC(C)C1(C(=O)O)CCN(C(=O)c2cccc(F)c2Br)C1.